The molecule has 1 saturated heterocycles. The predicted molar refractivity (Wildman–Crippen MR) is 159 cm³/mol. The van der Waals surface area contributed by atoms with Crippen LogP contribution in [0.5, 0.6) is 5.75 Å². The van der Waals surface area contributed by atoms with E-state index in [0.29, 0.717) is 29.1 Å². The van der Waals surface area contributed by atoms with Crippen molar-refractivity contribution in [2.75, 3.05) is 6.54 Å². The fraction of sp³-hybridized carbons (Fsp3) is 0.771. The number of carbonyl (C=O) groups is 1. The summed E-state index contributed by atoms with van der Waals surface area (Å²) in [5.74, 6) is 4.94. The summed E-state index contributed by atoms with van der Waals surface area (Å²) in [6, 6.07) is 4.04. The Morgan fingerprint density at radius 1 is 1.12 bits per heavy atom. The summed E-state index contributed by atoms with van der Waals surface area (Å²) in [5.41, 5.74) is 2.29. The van der Waals surface area contributed by atoms with Gasteiger partial charge >= 0.3 is 0 Å². The van der Waals surface area contributed by atoms with Crippen molar-refractivity contribution >= 4 is 5.91 Å². The van der Waals surface area contributed by atoms with Crippen molar-refractivity contribution in [1.29, 1.82) is 0 Å². The molecule has 4 aliphatic carbocycles. The molecule has 1 amide bonds. The Hall–Kier alpha value is -1.88. The summed E-state index contributed by atoms with van der Waals surface area (Å²) in [6.45, 7) is 10.6. The highest BCUT2D eigenvalue weighted by molar-refractivity contribution is 5.76. The number of nitrogens with zero attached hydrogens (tertiary/aromatic N) is 2. The zero-order chi connectivity index (χ0) is 28.1. The Labute approximate surface area is 242 Å². The van der Waals surface area contributed by atoms with Crippen molar-refractivity contribution in [1.82, 2.24) is 9.88 Å². The number of aliphatic hydroxyl groups is 1. The number of hydrogen-bond acceptors (Lipinski definition) is 4. The summed E-state index contributed by atoms with van der Waals surface area (Å²) >= 11 is 0. The van der Waals surface area contributed by atoms with Gasteiger partial charge in [0, 0.05) is 44.2 Å². The molecular weight excluding hydrogens is 496 g/mol. The van der Waals surface area contributed by atoms with Gasteiger partial charge in [0.2, 0.25) is 5.91 Å². The van der Waals surface area contributed by atoms with Gasteiger partial charge in [0.25, 0.3) is 0 Å². The first-order valence-electron chi connectivity index (χ1n) is 16.4. The molecule has 0 spiro atoms. The number of amides is 1. The van der Waals surface area contributed by atoms with E-state index in [0.717, 1.165) is 74.5 Å². The standard InChI is InChI=1S/C35H52N2O3/c1-23(5-10-33(39)37-20-15-28(21-24(37)2)40-27-13-18-36-19-14-27)30-8-9-31-29-7-6-25-22-26(38)11-16-34(25,3)32(29)12-17-35(30,31)4/h6,13-14,18-19,23-24,26,28-32,38H,5,7-12,15-17,20-22H2,1-4H3/t23?,24-,26-,28-,29-,30+,31-,32-,34-,35+/m0/s1. The molecule has 0 aromatic carbocycles. The van der Waals surface area contributed by atoms with E-state index in [1.165, 1.54) is 32.1 Å². The van der Waals surface area contributed by atoms with Crippen LogP contribution in [0.4, 0.5) is 0 Å². The molecule has 4 fully saturated rings. The Kier molecular flexibility index (Phi) is 7.82. The van der Waals surface area contributed by atoms with Gasteiger partial charge in [-0.3, -0.25) is 9.78 Å². The van der Waals surface area contributed by atoms with Crippen LogP contribution in [-0.4, -0.2) is 45.7 Å². The maximum Gasteiger partial charge on any atom is 0.222 e. The second-order valence-electron chi connectivity index (χ2n) is 14.8. The molecule has 1 aromatic rings. The number of fused-ring (bicyclic) bond motifs is 5. The maximum atomic E-state index is 13.4. The van der Waals surface area contributed by atoms with Crippen LogP contribution in [-0.2, 0) is 4.79 Å². The molecule has 2 heterocycles. The summed E-state index contributed by atoms with van der Waals surface area (Å²) in [6.07, 6.45) is 19.3. The van der Waals surface area contributed by atoms with Crippen molar-refractivity contribution in [3.63, 3.8) is 0 Å². The lowest BCUT2D eigenvalue weighted by Crippen LogP contribution is -2.51. The van der Waals surface area contributed by atoms with Crippen LogP contribution in [0.15, 0.2) is 36.2 Å². The van der Waals surface area contributed by atoms with Gasteiger partial charge in [0.1, 0.15) is 11.9 Å². The number of allylic oxidation sites excluding steroid dienone is 1. The topological polar surface area (TPSA) is 62.7 Å². The highest BCUT2D eigenvalue weighted by Crippen LogP contribution is 2.67. The van der Waals surface area contributed by atoms with E-state index >= 15 is 0 Å². The molecule has 5 heteroatoms. The quantitative estimate of drug-likeness (QED) is 0.382. The van der Waals surface area contributed by atoms with E-state index in [1.54, 1.807) is 18.0 Å². The summed E-state index contributed by atoms with van der Waals surface area (Å²) in [7, 11) is 0. The number of likely N-dealkylation sites (tertiary alicyclic amines) is 1. The normalized spacial score (nSPS) is 41.8. The van der Waals surface area contributed by atoms with Crippen LogP contribution in [0.2, 0.25) is 0 Å². The lowest BCUT2D eigenvalue weighted by Gasteiger charge is -2.58. The number of rotatable bonds is 6. The Bertz CT molecular complexity index is 1090. The molecule has 0 bridgehead atoms. The molecule has 5 aliphatic rings. The zero-order valence-corrected chi connectivity index (χ0v) is 25.4. The van der Waals surface area contributed by atoms with Crippen LogP contribution in [0.1, 0.15) is 105 Å². The average molecular weight is 549 g/mol. The number of hydrogen-bond donors (Lipinski definition) is 1. The smallest absolute Gasteiger partial charge is 0.222 e. The second kappa shape index (κ2) is 11.1. The van der Waals surface area contributed by atoms with E-state index in [2.05, 4.69) is 43.7 Å². The third-order valence-electron chi connectivity index (χ3n) is 12.8. The van der Waals surface area contributed by atoms with Gasteiger partial charge in [-0.25, -0.2) is 0 Å². The molecule has 220 valence electrons. The average Bonchev–Trinajstić information content (AvgIpc) is 3.30. The summed E-state index contributed by atoms with van der Waals surface area (Å²) in [4.78, 5) is 19.6. The van der Waals surface area contributed by atoms with Crippen LogP contribution in [0.25, 0.3) is 0 Å². The highest BCUT2D eigenvalue weighted by Gasteiger charge is 2.59. The van der Waals surface area contributed by atoms with Gasteiger partial charge in [0.05, 0.1) is 6.10 Å². The third-order valence-corrected chi connectivity index (χ3v) is 12.8. The predicted octanol–water partition coefficient (Wildman–Crippen LogP) is 7.20. The van der Waals surface area contributed by atoms with Crippen molar-refractivity contribution in [3.05, 3.63) is 36.2 Å². The van der Waals surface area contributed by atoms with E-state index in [1.807, 2.05) is 12.1 Å². The molecule has 0 radical (unpaired) electrons. The van der Waals surface area contributed by atoms with Crippen LogP contribution < -0.4 is 4.74 Å². The number of aliphatic hydroxyl groups excluding tert-OH is 1. The number of piperidine rings is 1. The van der Waals surface area contributed by atoms with Crippen LogP contribution >= 0.6 is 0 Å². The van der Waals surface area contributed by atoms with Gasteiger partial charge < -0.3 is 14.7 Å². The lowest BCUT2D eigenvalue weighted by molar-refractivity contribution is -0.136. The Morgan fingerprint density at radius 3 is 2.70 bits per heavy atom. The molecule has 40 heavy (non-hydrogen) atoms. The Morgan fingerprint density at radius 2 is 1.93 bits per heavy atom. The van der Waals surface area contributed by atoms with Gasteiger partial charge in [0.15, 0.2) is 0 Å². The number of pyridine rings is 1. The fourth-order valence-electron chi connectivity index (χ4n) is 10.5. The molecular formula is C35H52N2O3. The van der Waals surface area contributed by atoms with E-state index < -0.39 is 0 Å². The van der Waals surface area contributed by atoms with Gasteiger partial charge in [-0.1, -0.05) is 32.4 Å². The van der Waals surface area contributed by atoms with Gasteiger partial charge in [-0.2, -0.15) is 0 Å². The molecule has 1 aromatic heterocycles. The lowest BCUT2D eigenvalue weighted by atomic mass is 9.47. The molecule has 10 atom stereocenters. The molecule has 1 unspecified atom stereocenters. The Balaban J connectivity index is 1.03. The number of aromatic nitrogens is 1. The van der Waals surface area contributed by atoms with E-state index in [-0.39, 0.29) is 18.2 Å². The molecule has 1 N–H and O–H groups in total. The fourth-order valence-corrected chi connectivity index (χ4v) is 10.5. The minimum absolute atomic E-state index is 0.126. The highest BCUT2D eigenvalue weighted by atomic mass is 16.5. The van der Waals surface area contributed by atoms with E-state index in [4.69, 9.17) is 4.74 Å². The molecule has 1 aliphatic heterocycles. The minimum Gasteiger partial charge on any atom is -0.490 e. The first-order valence-corrected chi connectivity index (χ1v) is 16.4. The van der Waals surface area contributed by atoms with Crippen LogP contribution in [0, 0.1) is 40.4 Å². The van der Waals surface area contributed by atoms with Gasteiger partial charge in [-0.05, 0) is 117 Å². The monoisotopic (exact) mass is 548 g/mol. The summed E-state index contributed by atoms with van der Waals surface area (Å²) in [5, 5.41) is 10.3. The van der Waals surface area contributed by atoms with Gasteiger partial charge in [-0.15, -0.1) is 0 Å². The van der Waals surface area contributed by atoms with Crippen molar-refractivity contribution in [2.24, 2.45) is 40.4 Å². The van der Waals surface area contributed by atoms with Crippen molar-refractivity contribution in [3.8, 4) is 5.75 Å². The third kappa shape index (κ3) is 5.03. The largest absolute Gasteiger partial charge is 0.490 e. The van der Waals surface area contributed by atoms with Crippen molar-refractivity contribution < 1.29 is 14.6 Å². The summed E-state index contributed by atoms with van der Waals surface area (Å²) < 4.78 is 6.17. The molecule has 5 nitrogen and oxygen atoms in total. The van der Waals surface area contributed by atoms with Crippen LogP contribution in [0.3, 0.4) is 0 Å². The second-order valence-corrected chi connectivity index (χ2v) is 14.8. The first-order chi connectivity index (χ1) is 19.2. The zero-order valence-electron chi connectivity index (χ0n) is 25.4. The minimum atomic E-state index is -0.126. The van der Waals surface area contributed by atoms with E-state index in [9.17, 15) is 9.90 Å². The SMILES string of the molecule is CC(CCC(=O)N1CC[C@H](Oc2ccncc2)C[C@@H]1C)[C@H]1CC[C@H]2[C@@H]3CC=C4C[C@@H](O)CC[C@]4(C)[C@H]3CC[C@]12C. The number of carbonyl (C=O) groups excluding carboxylic acids is 1. The molecule has 6 rings (SSSR count). The van der Waals surface area contributed by atoms with Crippen molar-refractivity contribution in [2.45, 2.75) is 123 Å². The maximum absolute atomic E-state index is 13.4. The first kappa shape index (κ1) is 28.2. The number of ether oxygens (including phenoxy) is 1. The molecule has 3 saturated carbocycles.